The normalized spacial score (nSPS) is 14.1. The van der Waals surface area contributed by atoms with E-state index in [1.165, 1.54) is 5.56 Å². The number of aryl methyl sites for hydroxylation is 1. The lowest BCUT2D eigenvalue weighted by molar-refractivity contribution is 0.219. The van der Waals surface area contributed by atoms with Crippen molar-refractivity contribution in [2.24, 2.45) is 5.73 Å². The van der Waals surface area contributed by atoms with Crippen LogP contribution in [0.25, 0.3) is 0 Å². The molecule has 0 spiro atoms. The van der Waals surface area contributed by atoms with Crippen LogP contribution in [0.15, 0.2) is 46.9 Å². The molecule has 2 rings (SSSR count). The Morgan fingerprint density at radius 3 is 2.30 bits per heavy atom. The summed E-state index contributed by atoms with van der Waals surface area (Å²) in [6.45, 7) is 4.74. The molecule has 106 valence electrons. The third-order valence-electron chi connectivity index (χ3n) is 3.71. The van der Waals surface area contributed by atoms with Gasteiger partial charge in [0.2, 0.25) is 0 Å². The van der Waals surface area contributed by atoms with Crippen LogP contribution in [0.1, 0.15) is 41.2 Å². The molecule has 0 fully saturated rings. The molecule has 3 heteroatoms. The summed E-state index contributed by atoms with van der Waals surface area (Å²) >= 11 is 3.45. The Kier molecular flexibility index (Phi) is 4.97. The van der Waals surface area contributed by atoms with Crippen LogP contribution >= 0.6 is 15.9 Å². The molecule has 20 heavy (non-hydrogen) atoms. The molecule has 0 radical (unpaired) electrons. The van der Waals surface area contributed by atoms with Gasteiger partial charge in [0.15, 0.2) is 0 Å². The summed E-state index contributed by atoms with van der Waals surface area (Å²) in [6, 6.07) is 14.0. The van der Waals surface area contributed by atoms with Crippen LogP contribution in [0, 0.1) is 6.92 Å². The summed E-state index contributed by atoms with van der Waals surface area (Å²) in [7, 11) is 0. The van der Waals surface area contributed by atoms with Gasteiger partial charge in [0, 0.05) is 4.47 Å². The average molecular weight is 334 g/mol. The summed E-state index contributed by atoms with van der Waals surface area (Å²) in [5.74, 6) is 0.341. The minimum Gasteiger partial charge on any atom is -0.384 e. The number of halogens is 1. The third-order valence-corrected chi connectivity index (χ3v) is 4.20. The Bertz CT molecular complexity index is 580. The smallest absolute Gasteiger partial charge is 0.104 e. The van der Waals surface area contributed by atoms with Gasteiger partial charge in [0.05, 0.1) is 0 Å². The maximum absolute atomic E-state index is 10.5. The number of nitrogens with two attached hydrogens (primary N) is 1. The number of aliphatic hydroxyl groups is 1. The first kappa shape index (κ1) is 15.2. The lowest BCUT2D eigenvalue weighted by Gasteiger charge is -2.16. The second-order valence-corrected chi connectivity index (χ2v) is 6.12. The molecule has 0 aromatic heterocycles. The van der Waals surface area contributed by atoms with E-state index in [-0.39, 0.29) is 0 Å². The van der Waals surface area contributed by atoms with Gasteiger partial charge < -0.3 is 10.8 Å². The number of benzene rings is 2. The molecular formula is C17H20BrNO. The molecule has 0 saturated carbocycles. The summed E-state index contributed by atoms with van der Waals surface area (Å²) in [5, 5.41) is 10.5. The van der Waals surface area contributed by atoms with Crippen molar-refractivity contribution in [3.05, 3.63) is 69.2 Å². The topological polar surface area (TPSA) is 46.2 Å². The highest BCUT2D eigenvalue weighted by Crippen LogP contribution is 2.28. The second-order valence-electron chi connectivity index (χ2n) is 5.21. The van der Waals surface area contributed by atoms with Gasteiger partial charge in [-0.2, -0.15) is 0 Å². The summed E-state index contributed by atoms with van der Waals surface area (Å²) in [5.41, 5.74) is 9.79. The van der Waals surface area contributed by atoms with Gasteiger partial charge in [-0.3, -0.25) is 0 Å². The summed E-state index contributed by atoms with van der Waals surface area (Å²) in [6.07, 6.45) is -0.602. The second kappa shape index (κ2) is 6.53. The molecular weight excluding hydrogens is 314 g/mol. The largest absolute Gasteiger partial charge is 0.384 e. The van der Waals surface area contributed by atoms with Crippen LogP contribution < -0.4 is 5.73 Å². The molecule has 2 unspecified atom stereocenters. The van der Waals surface area contributed by atoms with E-state index in [4.69, 9.17) is 5.73 Å². The van der Waals surface area contributed by atoms with Crippen molar-refractivity contribution >= 4 is 15.9 Å². The van der Waals surface area contributed by atoms with Crippen molar-refractivity contribution in [1.82, 2.24) is 0 Å². The van der Waals surface area contributed by atoms with Crippen molar-refractivity contribution in [3.8, 4) is 0 Å². The highest BCUT2D eigenvalue weighted by Gasteiger charge is 2.14. The predicted octanol–water partition coefficient (Wildman–Crippen LogP) is 3.90. The predicted molar refractivity (Wildman–Crippen MR) is 86.9 cm³/mol. The SMILES string of the molecule is Cc1ccc(Br)cc1C(O)c1ccc(C(C)CN)cc1. The van der Waals surface area contributed by atoms with E-state index in [1.54, 1.807) is 0 Å². The number of hydrogen-bond donors (Lipinski definition) is 2. The molecule has 0 amide bonds. The van der Waals surface area contributed by atoms with Gasteiger partial charge in [-0.15, -0.1) is 0 Å². The molecule has 0 bridgehead atoms. The lowest BCUT2D eigenvalue weighted by Crippen LogP contribution is -2.09. The fourth-order valence-electron chi connectivity index (χ4n) is 2.23. The van der Waals surface area contributed by atoms with E-state index in [9.17, 15) is 5.11 Å². The molecule has 0 saturated heterocycles. The molecule has 0 aliphatic heterocycles. The fraction of sp³-hybridized carbons (Fsp3) is 0.294. The van der Waals surface area contributed by atoms with E-state index in [0.717, 1.165) is 21.2 Å². The number of aliphatic hydroxyl groups excluding tert-OH is 1. The molecule has 2 aromatic rings. The summed E-state index contributed by atoms with van der Waals surface area (Å²) < 4.78 is 0.977. The Balaban J connectivity index is 2.29. The minimum atomic E-state index is -0.602. The lowest BCUT2D eigenvalue weighted by atomic mass is 9.94. The zero-order valence-corrected chi connectivity index (χ0v) is 13.4. The van der Waals surface area contributed by atoms with Gasteiger partial charge in [0.1, 0.15) is 6.10 Å². The quantitative estimate of drug-likeness (QED) is 0.891. The fourth-order valence-corrected chi connectivity index (χ4v) is 2.61. The van der Waals surface area contributed by atoms with Gasteiger partial charge in [-0.25, -0.2) is 0 Å². The molecule has 2 atom stereocenters. The molecule has 0 aliphatic rings. The van der Waals surface area contributed by atoms with E-state index in [0.29, 0.717) is 12.5 Å². The van der Waals surface area contributed by atoms with E-state index >= 15 is 0 Å². The highest BCUT2D eigenvalue weighted by atomic mass is 79.9. The van der Waals surface area contributed by atoms with Gasteiger partial charge in [-0.1, -0.05) is 53.2 Å². The van der Waals surface area contributed by atoms with Gasteiger partial charge >= 0.3 is 0 Å². The molecule has 2 nitrogen and oxygen atoms in total. The highest BCUT2D eigenvalue weighted by molar-refractivity contribution is 9.10. The third kappa shape index (κ3) is 3.29. The van der Waals surface area contributed by atoms with Crippen molar-refractivity contribution in [3.63, 3.8) is 0 Å². The maximum Gasteiger partial charge on any atom is 0.104 e. The van der Waals surface area contributed by atoms with Gasteiger partial charge in [0.25, 0.3) is 0 Å². The van der Waals surface area contributed by atoms with Crippen LogP contribution in [0.4, 0.5) is 0 Å². The Hall–Kier alpha value is -1.16. The summed E-state index contributed by atoms with van der Waals surface area (Å²) in [4.78, 5) is 0. The first-order chi connectivity index (χ1) is 9.52. The molecule has 0 aliphatic carbocycles. The Morgan fingerprint density at radius 2 is 1.70 bits per heavy atom. The van der Waals surface area contributed by atoms with Crippen LogP contribution in [0.3, 0.4) is 0 Å². The average Bonchev–Trinajstić information content (AvgIpc) is 2.48. The molecule has 2 aromatic carbocycles. The van der Waals surface area contributed by atoms with Gasteiger partial charge in [-0.05, 0) is 53.8 Å². The zero-order chi connectivity index (χ0) is 14.7. The molecule has 0 heterocycles. The number of hydrogen-bond acceptors (Lipinski definition) is 2. The zero-order valence-electron chi connectivity index (χ0n) is 11.8. The molecule has 3 N–H and O–H groups in total. The van der Waals surface area contributed by atoms with E-state index in [2.05, 4.69) is 22.9 Å². The Labute approximate surface area is 128 Å². The van der Waals surface area contributed by atoms with Crippen LogP contribution in [-0.4, -0.2) is 11.7 Å². The first-order valence-corrected chi connectivity index (χ1v) is 7.56. The first-order valence-electron chi connectivity index (χ1n) is 6.77. The van der Waals surface area contributed by atoms with Crippen molar-refractivity contribution in [1.29, 1.82) is 0 Å². The van der Waals surface area contributed by atoms with Crippen molar-refractivity contribution in [2.45, 2.75) is 25.9 Å². The van der Waals surface area contributed by atoms with Crippen LogP contribution in [0.5, 0.6) is 0 Å². The maximum atomic E-state index is 10.5. The van der Waals surface area contributed by atoms with E-state index < -0.39 is 6.10 Å². The van der Waals surface area contributed by atoms with Crippen molar-refractivity contribution < 1.29 is 5.11 Å². The van der Waals surface area contributed by atoms with Crippen molar-refractivity contribution in [2.75, 3.05) is 6.54 Å². The minimum absolute atomic E-state index is 0.341. The Morgan fingerprint density at radius 1 is 1.10 bits per heavy atom. The number of rotatable bonds is 4. The monoisotopic (exact) mass is 333 g/mol. The standard InChI is InChI=1S/C17H20BrNO/c1-11-3-8-15(18)9-16(11)17(20)14-6-4-13(5-7-14)12(2)10-19/h3-9,12,17,20H,10,19H2,1-2H3. The van der Waals surface area contributed by atoms with Crippen LogP contribution in [0.2, 0.25) is 0 Å². The van der Waals surface area contributed by atoms with Crippen LogP contribution in [-0.2, 0) is 0 Å². The van der Waals surface area contributed by atoms with E-state index in [1.807, 2.05) is 49.4 Å².